The number of nitrogens with one attached hydrogen (secondary N) is 1. The van der Waals surface area contributed by atoms with Crippen molar-refractivity contribution in [3.05, 3.63) is 85.2 Å². The molecule has 0 atom stereocenters. The van der Waals surface area contributed by atoms with E-state index >= 15 is 0 Å². The molecule has 1 amide bonds. The van der Waals surface area contributed by atoms with Crippen LogP contribution < -0.4 is 10.1 Å². The third-order valence-electron chi connectivity index (χ3n) is 4.09. The second-order valence-electron chi connectivity index (χ2n) is 6.00. The molecule has 7 nitrogen and oxygen atoms in total. The lowest BCUT2D eigenvalue weighted by molar-refractivity contribution is -0.118. The van der Waals surface area contributed by atoms with Gasteiger partial charge in [-0.2, -0.15) is 0 Å². The van der Waals surface area contributed by atoms with Crippen molar-refractivity contribution in [2.75, 3.05) is 11.9 Å². The van der Waals surface area contributed by atoms with E-state index in [1.54, 1.807) is 12.1 Å². The van der Waals surface area contributed by atoms with Crippen LogP contribution in [0.5, 0.6) is 5.75 Å². The summed E-state index contributed by atoms with van der Waals surface area (Å²) in [6.07, 6.45) is 1.49. The lowest BCUT2D eigenvalue weighted by Crippen LogP contribution is -2.20. The molecule has 1 N–H and O–H groups in total. The Morgan fingerprint density at radius 2 is 1.79 bits per heavy atom. The van der Waals surface area contributed by atoms with E-state index < -0.39 is 0 Å². The molecule has 0 saturated heterocycles. The number of hydrogen-bond donors (Lipinski definition) is 1. The summed E-state index contributed by atoms with van der Waals surface area (Å²) >= 11 is 0. The van der Waals surface area contributed by atoms with E-state index in [1.807, 2.05) is 66.7 Å². The van der Waals surface area contributed by atoms with Crippen molar-refractivity contribution < 1.29 is 9.53 Å². The van der Waals surface area contributed by atoms with Crippen LogP contribution in [0.15, 0.2) is 85.2 Å². The van der Waals surface area contributed by atoms with E-state index in [1.165, 1.54) is 11.0 Å². The molecule has 4 rings (SSSR count). The van der Waals surface area contributed by atoms with Crippen molar-refractivity contribution in [1.29, 1.82) is 0 Å². The molecule has 1 heterocycles. The zero-order valence-electron chi connectivity index (χ0n) is 14.9. The Bertz CT molecular complexity index is 1070. The van der Waals surface area contributed by atoms with Crippen LogP contribution in [-0.2, 0) is 4.79 Å². The Morgan fingerprint density at radius 1 is 0.964 bits per heavy atom. The van der Waals surface area contributed by atoms with E-state index in [4.69, 9.17) is 4.74 Å². The van der Waals surface area contributed by atoms with Gasteiger partial charge in [0.25, 0.3) is 5.91 Å². The van der Waals surface area contributed by atoms with Gasteiger partial charge < -0.3 is 10.1 Å². The summed E-state index contributed by atoms with van der Waals surface area (Å²) in [5.74, 6) is 0.315. The lowest BCUT2D eigenvalue weighted by atomic mass is 10.0. The zero-order chi connectivity index (χ0) is 19.2. The standard InChI is InChI=1S/C21H17N5O2/c27-21(14-28-18-10-6-9-17(13-18)26-15-22-24-25-26)23-20-12-5-4-11-19(20)16-7-2-1-3-8-16/h1-13,15H,14H2,(H,23,27). The molecule has 0 unspecified atom stereocenters. The van der Waals surface area contributed by atoms with Crippen molar-refractivity contribution in [3.63, 3.8) is 0 Å². The number of carbonyl (C=O) groups excluding carboxylic acids is 1. The fraction of sp³-hybridized carbons (Fsp3) is 0.0476. The highest BCUT2D eigenvalue weighted by Crippen LogP contribution is 2.27. The molecule has 0 fully saturated rings. The maximum atomic E-state index is 12.4. The normalized spacial score (nSPS) is 10.4. The summed E-state index contributed by atoms with van der Waals surface area (Å²) in [5, 5.41) is 14.0. The highest BCUT2D eigenvalue weighted by molar-refractivity contribution is 5.96. The molecule has 0 radical (unpaired) electrons. The van der Waals surface area contributed by atoms with Gasteiger partial charge in [0.05, 0.1) is 5.69 Å². The quantitative estimate of drug-likeness (QED) is 0.562. The molecular weight excluding hydrogens is 354 g/mol. The maximum Gasteiger partial charge on any atom is 0.262 e. The number of amides is 1. The minimum absolute atomic E-state index is 0.109. The van der Waals surface area contributed by atoms with E-state index in [9.17, 15) is 4.79 Å². The molecule has 0 aliphatic carbocycles. The van der Waals surface area contributed by atoms with E-state index in [2.05, 4.69) is 20.8 Å². The van der Waals surface area contributed by atoms with Crippen LogP contribution in [0.2, 0.25) is 0 Å². The molecule has 28 heavy (non-hydrogen) atoms. The predicted octanol–water partition coefficient (Wildman–Crippen LogP) is 3.35. The van der Waals surface area contributed by atoms with Gasteiger partial charge in [0, 0.05) is 17.3 Å². The summed E-state index contributed by atoms with van der Waals surface area (Å²) in [6.45, 7) is -0.109. The van der Waals surface area contributed by atoms with Gasteiger partial charge in [-0.05, 0) is 34.2 Å². The SMILES string of the molecule is O=C(COc1cccc(-n2cnnn2)c1)Nc1ccccc1-c1ccccc1. The van der Waals surface area contributed by atoms with Crippen LogP contribution in [0.3, 0.4) is 0 Å². The topological polar surface area (TPSA) is 81.9 Å². The Labute approximate surface area is 161 Å². The molecule has 4 aromatic rings. The average molecular weight is 371 g/mol. The van der Waals surface area contributed by atoms with Gasteiger partial charge in [0.15, 0.2) is 6.61 Å². The van der Waals surface area contributed by atoms with Crippen LogP contribution in [0.25, 0.3) is 16.8 Å². The molecule has 0 saturated carbocycles. The van der Waals surface area contributed by atoms with Crippen LogP contribution in [0.1, 0.15) is 0 Å². The molecule has 3 aromatic carbocycles. The first-order chi connectivity index (χ1) is 13.8. The molecule has 0 spiro atoms. The predicted molar refractivity (Wildman–Crippen MR) is 105 cm³/mol. The van der Waals surface area contributed by atoms with Gasteiger partial charge in [0.2, 0.25) is 0 Å². The Hall–Kier alpha value is -4.00. The smallest absolute Gasteiger partial charge is 0.262 e. The van der Waals surface area contributed by atoms with Crippen molar-refractivity contribution in [2.24, 2.45) is 0 Å². The number of benzene rings is 3. The minimum Gasteiger partial charge on any atom is -0.484 e. The van der Waals surface area contributed by atoms with Gasteiger partial charge >= 0.3 is 0 Å². The van der Waals surface area contributed by atoms with Crippen molar-refractivity contribution in [3.8, 4) is 22.6 Å². The third-order valence-corrected chi connectivity index (χ3v) is 4.09. The second kappa shape index (κ2) is 8.13. The van der Waals surface area contributed by atoms with Crippen molar-refractivity contribution in [2.45, 2.75) is 0 Å². The van der Waals surface area contributed by atoms with Crippen LogP contribution >= 0.6 is 0 Å². The monoisotopic (exact) mass is 371 g/mol. The summed E-state index contributed by atoms with van der Waals surface area (Å²) in [4.78, 5) is 12.4. The zero-order valence-corrected chi connectivity index (χ0v) is 14.9. The second-order valence-corrected chi connectivity index (χ2v) is 6.00. The highest BCUT2D eigenvalue weighted by Gasteiger charge is 2.09. The third kappa shape index (κ3) is 4.04. The molecule has 0 bridgehead atoms. The summed E-state index contributed by atoms with van der Waals surface area (Å²) in [6, 6.07) is 24.8. The van der Waals surface area contributed by atoms with Crippen molar-refractivity contribution in [1.82, 2.24) is 20.2 Å². The highest BCUT2D eigenvalue weighted by atomic mass is 16.5. The average Bonchev–Trinajstić information content (AvgIpc) is 3.29. The Morgan fingerprint density at radius 3 is 2.61 bits per heavy atom. The number of para-hydroxylation sites is 1. The fourth-order valence-corrected chi connectivity index (χ4v) is 2.79. The minimum atomic E-state index is -0.240. The largest absolute Gasteiger partial charge is 0.484 e. The number of aromatic nitrogens is 4. The van der Waals surface area contributed by atoms with Crippen LogP contribution in [0, 0.1) is 0 Å². The van der Waals surface area contributed by atoms with Gasteiger partial charge in [-0.15, -0.1) is 5.10 Å². The Kier molecular flexibility index (Phi) is 5.06. The molecule has 138 valence electrons. The first-order valence-corrected chi connectivity index (χ1v) is 8.70. The fourth-order valence-electron chi connectivity index (χ4n) is 2.79. The van der Waals surface area contributed by atoms with Gasteiger partial charge in [-0.3, -0.25) is 4.79 Å². The first-order valence-electron chi connectivity index (χ1n) is 8.70. The number of rotatable bonds is 6. The number of anilines is 1. The summed E-state index contributed by atoms with van der Waals surface area (Å²) in [5.41, 5.74) is 3.48. The number of tetrazole rings is 1. The summed E-state index contributed by atoms with van der Waals surface area (Å²) < 4.78 is 7.15. The maximum absolute atomic E-state index is 12.4. The lowest BCUT2D eigenvalue weighted by Gasteiger charge is -2.12. The van der Waals surface area contributed by atoms with E-state index in [-0.39, 0.29) is 12.5 Å². The molecular formula is C21H17N5O2. The number of nitrogens with zero attached hydrogens (tertiary/aromatic N) is 4. The molecule has 7 heteroatoms. The van der Waals surface area contributed by atoms with Crippen LogP contribution in [0.4, 0.5) is 5.69 Å². The molecule has 1 aromatic heterocycles. The van der Waals surface area contributed by atoms with Gasteiger partial charge in [0.1, 0.15) is 12.1 Å². The van der Waals surface area contributed by atoms with Gasteiger partial charge in [-0.1, -0.05) is 54.6 Å². The van der Waals surface area contributed by atoms with Gasteiger partial charge in [-0.25, -0.2) is 4.68 Å². The Balaban J connectivity index is 1.43. The van der Waals surface area contributed by atoms with E-state index in [0.29, 0.717) is 5.75 Å². The van der Waals surface area contributed by atoms with Crippen molar-refractivity contribution >= 4 is 11.6 Å². The van der Waals surface area contributed by atoms with E-state index in [0.717, 1.165) is 22.5 Å². The first kappa shape index (κ1) is 17.4. The molecule has 0 aliphatic rings. The number of hydrogen-bond acceptors (Lipinski definition) is 5. The number of ether oxygens (including phenoxy) is 1. The number of carbonyl (C=O) groups is 1. The summed E-state index contributed by atoms with van der Waals surface area (Å²) in [7, 11) is 0. The molecule has 0 aliphatic heterocycles. The van der Waals surface area contributed by atoms with Crippen LogP contribution in [-0.4, -0.2) is 32.7 Å².